The summed E-state index contributed by atoms with van der Waals surface area (Å²) >= 11 is 6.19. The van der Waals surface area contributed by atoms with E-state index in [1.165, 1.54) is 13.3 Å². The molecule has 1 N–H and O–H groups in total. The molecule has 1 aromatic heterocycles. The standard InChI is InChI=1S/C16H17ClN6O3/c1-26-15(25)11-2-3-12(17)13(8-11)19-14-9-18-21-16(20-14)23-6-4-22(10-24)5-7-23/h2-3,8-10H,4-7H2,1H3,(H,19,20,21). The lowest BCUT2D eigenvalue weighted by Gasteiger charge is -2.32. The van der Waals surface area contributed by atoms with E-state index >= 15 is 0 Å². The van der Waals surface area contributed by atoms with Crippen molar-refractivity contribution < 1.29 is 14.3 Å². The van der Waals surface area contributed by atoms with Gasteiger partial charge in [0.1, 0.15) is 0 Å². The van der Waals surface area contributed by atoms with E-state index < -0.39 is 5.97 Å². The zero-order valence-corrected chi connectivity index (χ0v) is 14.8. The highest BCUT2D eigenvalue weighted by Crippen LogP contribution is 2.26. The zero-order chi connectivity index (χ0) is 18.5. The highest BCUT2D eigenvalue weighted by Gasteiger charge is 2.18. The summed E-state index contributed by atoms with van der Waals surface area (Å²) in [4.78, 5) is 30.6. The van der Waals surface area contributed by atoms with Crippen LogP contribution in [0.25, 0.3) is 0 Å². The van der Waals surface area contributed by atoms with Gasteiger partial charge in [-0.2, -0.15) is 10.1 Å². The summed E-state index contributed by atoms with van der Waals surface area (Å²) in [5.74, 6) is 0.441. The quantitative estimate of drug-likeness (QED) is 0.616. The lowest BCUT2D eigenvalue weighted by atomic mass is 10.2. The first-order chi connectivity index (χ1) is 12.6. The van der Waals surface area contributed by atoms with Crippen LogP contribution in [0.3, 0.4) is 0 Å². The summed E-state index contributed by atoms with van der Waals surface area (Å²) in [5, 5.41) is 11.5. The van der Waals surface area contributed by atoms with Crippen LogP contribution in [0.5, 0.6) is 0 Å². The molecule has 1 fully saturated rings. The second kappa shape index (κ2) is 7.96. The number of amides is 1. The molecule has 1 aliphatic rings. The number of benzene rings is 1. The van der Waals surface area contributed by atoms with Gasteiger partial charge in [-0.3, -0.25) is 4.79 Å². The number of ether oxygens (including phenoxy) is 1. The molecular weight excluding hydrogens is 360 g/mol. The summed E-state index contributed by atoms with van der Waals surface area (Å²) in [6.07, 6.45) is 2.30. The number of methoxy groups -OCH3 is 1. The van der Waals surface area contributed by atoms with Crippen molar-refractivity contribution in [3.05, 3.63) is 35.0 Å². The molecule has 0 atom stereocenters. The van der Waals surface area contributed by atoms with Crippen molar-refractivity contribution in [1.29, 1.82) is 0 Å². The topological polar surface area (TPSA) is 101 Å². The summed E-state index contributed by atoms with van der Waals surface area (Å²) in [6, 6.07) is 4.76. The van der Waals surface area contributed by atoms with Gasteiger partial charge in [-0.05, 0) is 18.2 Å². The maximum Gasteiger partial charge on any atom is 0.337 e. The van der Waals surface area contributed by atoms with Crippen LogP contribution in [0, 0.1) is 0 Å². The Morgan fingerprint density at radius 3 is 2.77 bits per heavy atom. The van der Waals surface area contributed by atoms with Crippen molar-refractivity contribution in [3.8, 4) is 0 Å². The molecule has 1 amide bonds. The van der Waals surface area contributed by atoms with Crippen LogP contribution >= 0.6 is 11.6 Å². The van der Waals surface area contributed by atoms with E-state index in [2.05, 4.69) is 20.5 Å². The van der Waals surface area contributed by atoms with Crippen LogP contribution in [0.4, 0.5) is 17.5 Å². The van der Waals surface area contributed by atoms with Gasteiger partial charge in [-0.25, -0.2) is 4.79 Å². The number of piperazine rings is 1. The SMILES string of the molecule is COC(=O)c1ccc(Cl)c(Nc2cnnc(N3CCN(C=O)CC3)n2)c1. The number of carbonyl (C=O) groups is 2. The second-order valence-electron chi connectivity index (χ2n) is 5.58. The predicted molar refractivity (Wildman–Crippen MR) is 95.8 cm³/mol. The minimum Gasteiger partial charge on any atom is -0.465 e. The predicted octanol–water partition coefficient (Wildman–Crippen LogP) is 1.33. The molecule has 0 radical (unpaired) electrons. The Balaban J connectivity index is 1.77. The lowest BCUT2D eigenvalue weighted by Crippen LogP contribution is -2.46. The number of anilines is 3. The average Bonchev–Trinajstić information content (AvgIpc) is 2.69. The van der Waals surface area contributed by atoms with Crippen LogP contribution < -0.4 is 10.2 Å². The highest BCUT2D eigenvalue weighted by atomic mass is 35.5. The zero-order valence-electron chi connectivity index (χ0n) is 14.1. The van der Waals surface area contributed by atoms with Gasteiger partial charge >= 0.3 is 5.97 Å². The number of nitrogens with zero attached hydrogens (tertiary/aromatic N) is 5. The smallest absolute Gasteiger partial charge is 0.337 e. The van der Waals surface area contributed by atoms with Crippen molar-refractivity contribution in [2.24, 2.45) is 0 Å². The van der Waals surface area contributed by atoms with Gasteiger partial charge in [-0.15, -0.1) is 5.10 Å². The van der Waals surface area contributed by atoms with Crippen molar-refractivity contribution >= 4 is 41.4 Å². The van der Waals surface area contributed by atoms with Crippen LogP contribution in [-0.2, 0) is 9.53 Å². The minimum absolute atomic E-state index is 0.367. The fraction of sp³-hybridized carbons (Fsp3) is 0.312. The normalized spacial score (nSPS) is 14.1. The molecule has 10 heteroatoms. The largest absolute Gasteiger partial charge is 0.465 e. The van der Waals surface area contributed by atoms with Gasteiger partial charge in [0.05, 0.1) is 29.6 Å². The number of rotatable bonds is 5. The van der Waals surface area contributed by atoms with Crippen molar-refractivity contribution in [2.45, 2.75) is 0 Å². The number of nitrogens with one attached hydrogen (secondary N) is 1. The van der Waals surface area contributed by atoms with E-state index in [0.29, 0.717) is 54.2 Å². The van der Waals surface area contributed by atoms with Gasteiger partial charge in [0.2, 0.25) is 12.4 Å². The molecule has 9 nitrogen and oxygen atoms in total. The van der Waals surface area contributed by atoms with Crippen LogP contribution in [0.1, 0.15) is 10.4 Å². The first-order valence-electron chi connectivity index (χ1n) is 7.89. The van der Waals surface area contributed by atoms with Gasteiger partial charge in [0.15, 0.2) is 5.82 Å². The second-order valence-corrected chi connectivity index (χ2v) is 5.99. The number of hydrogen-bond acceptors (Lipinski definition) is 8. The third kappa shape index (κ3) is 3.99. The fourth-order valence-electron chi connectivity index (χ4n) is 2.52. The van der Waals surface area contributed by atoms with E-state index in [9.17, 15) is 9.59 Å². The Bertz CT molecular complexity index is 810. The summed E-state index contributed by atoms with van der Waals surface area (Å²) in [6.45, 7) is 2.47. The Morgan fingerprint density at radius 2 is 2.08 bits per heavy atom. The van der Waals surface area contributed by atoms with Gasteiger partial charge in [0, 0.05) is 26.2 Å². The maximum absolute atomic E-state index is 11.7. The van der Waals surface area contributed by atoms with E-state index in [0.717, 1.165) is 6.41 Å². The molecule has 26 heavy (non-hydrogen) atoms. The third-order valence-electron chi connectivity index (χ3n) is 3.94. The number of aromatic nitrogens is 3. The molecule has 0 unspecified atom stereocenters. The average molecular weight is 377 g/mol. The molecule has 0 spiro atoms. The number of esters is 1. The molecule has 1 saturated heterocycles. The molecule has 0 bridgehead atoms. The van der Waals surface area contributed by atoms with Crippen molar-refractivity contribution in [1.82, 2.24) is 20.1 Å². The monoisotopic (exact) mass is 376 g/mol. The Morgan fingerprint density at radius 1 is 1.31 bits per heavy atom. The molecule has 0 aliphatic carbocycles. The summed E-state index contributed by atoms with van der Waals surface area (Å²) in [5.41, 5.74) is 0.874. The first kappa shape index (κ1) is 17.9. The molecule has 2 heterocycles. The molecule has 136 valence electrons. The van der Waals surface area contributed by atoms with Crippen LogP contribution in [0.15, 0.2) is 24.4 Å². The first-order valence-corrected chi connectivity index (χ1v) is 8.27. The molecule has 2 aromatic rings. The molecule has 1 aliphatic heterocycles. The minimum atomic E-state index is -0.459. The summed E-state index contributed by atoms with van der Waals surface area (Å²) < 4.78 is 4.71. The van der Waals surface area contributed by atoms with Gasteiger partial charge < -0.3 is 19.9 Å². The van der Waals surface area contributed by atoms with E-state index in [-0.39, 0.29) is 0 Å². The Kier molecular flexibility index (Phi) is 5.47. The molecule has 1 aromatic carbocycles. The Hall–Kier alpha value is -2.94. The fourth-order valence-corrected chi connectivity index (χ4v) is 2.68. The van der Waals surface area contributed by atoms with Crippen molar-refractivity contribution in [3.63, 3.8) is 0 Å². The number of halogens is 1. The van der Waals surface area contributed by atoms with E-state index in [1.807, 2.05) is 4.90 Å². The maximum atomic E-state index is 11.7. The lowest BCUT2D eigenvalue weighted by molar-refractivity contribution is -0.118. The van der Waals surface area contributed by atoms with E-state index in [4.69, 9.17) is 16.3 Å². The van der Waals surface area contributed by atoms with Crippen LogP contribution in [-0.4, -0.2) is 65.7 Å². The van der Waals surface area contributed by atoms with Crippen molar-refractivity contribution in [2.75, 3.05) is 43.5 Å². The molecule has 0 saturated carbocycles. The number of hydrogen-bond donors (Lipinski definition) is 1. The van der Waals surface area contributed by atoms with Gasteiger partial charge in [0.25, 0.3) is 0 Å². The molecular formula is C16H17ClN6O3. The van der Waals surface area contributed by atoms with Crippen LogP contribution in [0.2, 0.25) is 5.02 Å². The molecule has 3 rings (SSSR count). The highest BCUT2D eigenvalue weighted by molar-refractivity contribution is 6.33. The third-order valence-corrected chi connectivity index (χ3v) is 4.27. The summed E-state index contributed by atoms with van der Waals surface area (Å²) in [7, 11) is 1.31. The number of carbonyl (C=O) groups excluding carboxylic acids is 2. The van der Waals surface area contributed by atoms with Gasteiger partial charge in [-0.1, -0.05) is 11.6 Å². The van der Waals surface area contributed by atoms with E-state index in [1.54, 1.807) is 23.1 Å². The Labute approximate surface area is 154 Å².